The van der Waals surface area contributed by atoms with Gasteiger partial charge < -0.3 is 16.0 Å². The van der Waals surface area contributed by atoms with Crippen molar-refractivity contribution in [3.05, 3.63) is 34.9 Å². The third-order valence-electron chi connectivity index (χ3n) is 4.60. The van der Waals surface area contributed by atoms with Crippen LogP contribution >= 0.6 is 0 Å². The smallest absolute Gasteiger partial charge is 0.246 e. The van der Waals surface area contributed by atoms with E-state index in [1.165, 1.54) is 16.7 Å². The van der Waals surface area contributed by atoms with Gasteiger partial charge in [0.25, 0.3) is 0 Å². The highest BCUT2D eigenvalue weighted by Crippen LogP contribution is 2.21. The van der Waals surface area contributed by atoms with Crippen molar-refractivity contribution in [1.82, 2.24) is 20.5 Å². The normalized spacial score (nSPS) is 15.5. The van der Waals surface area contributed by atoms with Crippen molar-refractivity contribution in [2.24, 2.45) is 5.92 Å². The van der Waals surface area contributed by atoms with E-state index in [1.807, 2.05) is 0 Å². The summed E-state index contributed by atoms with van der Waals surface area (Å²) in [5.41, 5.74) is 9.15. The fourth-order valence-electron chi connectivity index (χ4n) is 3.07. The van der Waals surface area contributed by atoms with E-state index in [-0.39, 0.29) is 11.8 Å². The number of H-pyrrole nitrogens is 1. The minimum atomic E-state index is 0.0441. The van der Waals surface area contributed by atoms with Crippen LogP contribution in [0.25, 0.3) is 0 Å². The number of anilines is 2. The standard InChI is InChI=1S/C17H24N6O/c1-11-3-4-12(2)14(9-11)10-19-15(24)13-5-7-23(8-6-13)17-20-16(18)21-22-17/h3-4,9,13H,5-8,10H2,1-2H3,(H,19,24)(H3,18,20,21,22). The Morgan fingerprint density at radius 2 is 2.12 bits per heavy atom. The van der Waals surface area contributed by atoms with E-state index >= 15 is 0 Å². The average molecular weight is 328 g/mol. The zero-order valence-electron chi connectivity index (χ0n) is 14.2. The number of aromatic amines is 1. The Hall–Kier alpha value is -2.57. The Kier molecular flexibility index (Phi) is 4.69. The molecule has 2 heterocycles. The fraction of sp³-hybridized carbons (Fsp3) is 0.471. The van der Waals surface area contributed by atoms with E-state index < -0.39 is 0 Å². The molecule has 7 heteroatoms. The number of nitrogens with one attached hydrogen (secondary N) is 2. The topological polar surface area (TPSA) is 99.9 Å². The summed E-state index contributed by atoms with van der Waals surface area (Å²) < 4.78 is 0. The number of aromatic nitrogens is 3. The third kappa shape index (κ3) is 3.67. The summed E-state index contributed by atoms with van der Waals surface area (Å²) in [7, 11) is 0. The second-order valence-electron chi connectivity index (χ2n) is 6.43. The number of hydrogen-bond acceptors (Lipinski definition) is 5. The molecule has 0 atom stereocenters. The predicted octanol–water partition coefficient (Wildman–Crippen LogP) is 1.54. The number of carbonyl (C=O) groups is 1. The summed E-state index contributed by atoms with van der Waals surface area (Å²) in [6.07, 6.45) is 1.60. The van der Waals surface area contributed by atoms with Gasteiger partial charge in [-0.05, 0) is 37.8 Å². The molecule has 1 amide bonds. The fourth-order valence-corrected chi connectivity index (χ4v) is 3.07. The van der Waals surface area contributed by atoms with Gasteiger partial charge in [-0.3, -0.25) is 4.79 Å². The van der Waals surface area contributed by atoms with Crippen molar-refractivity contribution in [3.8, 4) is 0 Å². The van der Waals surface area contributed by atoms with Crippen LogP contribution in [0.15, 0.2) is 18.2 Å². The van der Waals surface area contributed by atoms with Crippen molar-refractivity contribution < 1.29 is 4.79 Å². The Bertz CT molecular complexity index is 718. The maximum absolute atomic E-state index is 12.4. The van der Waals surface area contributed by atoms with Gasteiger partial charge in [-0.25, -0.2) is 5.10 Å². The van der Waals surface area contributed by atoms with Gasteiger partial charge in [0.1, 0.15) is 0 Å². The molecule has 2 aromatic rings. The van der Waals surface area contributed by atoms with Crippen LogP contribution in [-0.2, 0) is 11.3 Å². The summed E-state index contributed by atoms with van der Waals surface area (Å²) in [5.74, 6) is 1.10. The lowest BCUT2D eigenvalue weighted by Gasteiger charge is -2.30. The van der Waals surface area contributed by atoms with Crippen LogP contribution < -0.4 is 16.0 Å². The predicted molar refractivity (Wildman–Crippen MR) is 93.5 cm³/mol. The van der Waals surface area contributed by atoms with Gasteiger partial charge in [-0.2, -0.15) is 4.98 Å². The maximum atomic E-state index is 12.4. The summed E-state index contributed by atoms with van der Waals surface area (Å²) in [6, 6.07) is 6.32. The molecular formula is C17H24N6O. The molecule has 0 unspecified atom stereocenters. The molecular weight excluding hydrogens is 304 g/mol. The molecule has 1 aromatic carbocycles. The van der Waals surface area contributed by atoms with Crippen LogP contribution in [0.1, 0.15) is 29.5 Å². The summed E-state index contributed by atoms with van der Waals surface area (Å²) >= 11 is 0. The minimum Gasteiger partial charge on any atom is -0.368 e. The summed E-state index contributed by atoms with van der Waals surface area (Å²) in [6.45, 7) is 6.25. The van der Waals surface area contributed by atoms with Gasteiger partial charge >= 0.3 is 0 Å². The number of aryl methyl sites for hydroxylation is 2. The van der Waals surface area contributed by atoms with Gasteiger partial charge in [0.05, 0.1) is 0 Å². The van der Waals surface area contributed by atoms with Crippen molar-refractivity contribution in [2.75, 3.05) is 23.7 Å². The molecule has 0 saturated carbocycles. The lowest BCUT2D eigenvalue weighted by atomic mass is 9.96. The van der Waals surface area contributed by atoms with Crippen molar-refractivity contribution in [1.29, 1.82) is 0 Å². The molecule has 0 aliphatic carbocycles. The second-order valence-corrected chi connectivity index (χ2v) is 6.43. The molecule has 1 aliphatic rings. The number of nitrogen functional groups attached to an aromatic ring is 1. The molecule has 0 spiro atoms. The van der Waals surface area contributed by atoms with Gasteiger partial charge in [0, 0.05) is 25.6 Å². The second kappa shape index (κ2) is 6.90. The molecule has 7 nitrogen and oxygen atoms in total. The van der Waals surface area contributed by atoms with E-state index in [0.29, 0.717) is 18.4 Å². The molecule has 1 saturated heterocycles. The highest BCUT2D eigenvalue weighted by Gasteiger charge is 2.26. The lowest BCUT2D eigenvalue weighted by molar-refractivity contribution is -0.125. The SMILES string of the molecule is Cc1ccc(C)c(CNC(=O)C2CCN(c3n[nH]c(N)n3)CC2)c1. The lowest BCUT2D eigenvalue weighted by Crippen LogP contribution is -2.40. The molecule has 1 aliphatic heterocycles. The number of hydrogen-bond donors (Lipinski definition) is 3. The molecule has 0 bridgehead atoms. The molecule has 1 aromatic heterocycles. The first kappa shape index (κ1) is 16.3. The number of carbonyl (C=O) groups excluding carboxylic acids is 1. The van der Waals surface area contributed by atoms with E-state index in [4.69, 9.17) is 5.73 Å². The highest BCUT2D eigenvalue weighted by atomic mass is 16.1. The molecule has 4 N–H and O–H groups in total. The number of rotatable bonds is 4. The van der Waals surface area contributed by atoms with Gasteiger partial charge in [0.15, 0.2) is 0 Å². The van der Waals surface area contributed by atoms with Gasteiger partial charge in [-0.1, -0.05) is 23.8 Å². The first-order valence-electron chi connectivity index (χ1n) is 8.29. The van der Waals surface area contributed by atoms with E-state index in [2.05, 4.69) is 57.4 Å². The van der Waals surface area contributed by atoms with Crippen LogP contribution in [0.3, 0.4) is 0 Å². The molecule has 1 fully saturated rings. The number of piperidine rings is 1. The Morgan fingerprint density at radius 1 is 1.38 bits per heavy atom. The van der Waals surface area contributed by atoms with Crippen LogP contribution in [0.2, 0.25) is 0 Å². The number of nitrogens with zero attached hydrogens (tertiary/aromatic N) is 3. The van der Waals surface area contributed by atoms with E-state index in [9.17, 15) is 4.79 Å². The van der Waals surface area contributed by atoms with Crippen molar-refractivity contribution in [3.63, 3.8) is 0 Å². The average Bonchev–Trinajstić information content (AvgIpc) is 3.02. The number of nitrogens with two attached hydrogens (primary N) is 1. The van der Waals surface area contributed by atoms with E-state index in [0.717, 1.165) is 25.9 Å². The van der Waals surface area contributed by atoms with Gasteiger partial charge in [-0.15, -0.1) is 5.10 Å². The van der Waals surface area contributed by atoms with Crippen molar-refractivity contribution in [2.45, 2.75) is 33.2 Å². The van der Waals surface area contributed by atoms with Crippen LogP contribution in [0.5, 0.6) is 0 Å². The molecule has 128 valence electrons. The first-order chi connectivity index (χ1) is 11.5. The highest BCUT2D eigenvalue weighted by molar-refractivity contribution is 5.79. The van der Waals surface area contributed by atoms with E-state index in [1.54, 1.807) is 0 Å². The zero-order chi connectivity index (χ0) is 17.1. The minimum absolute atomic E-state index is 0.0441. The maximum Gasteiger partial charge on any atom is 0.246 e. The zero-order valence-corrected chi connectivity index (χ0v) is 14.2. The van der Waals surface area contributed by atoms with Gasteiger partial charge in [0.2, 0.25) is 17.8 Å². The monoisotopic (exact) mass is 328 g/mol. The number of amides is 1. The molecule has 24 heavy (non-hydrogen) atoms. The third-order valence-corrected chi connectivity index (χ3v) is 4.60. The van der Waals surface area contributed by atoms with Crippen LogP contribution in [0, 0.1) is 19.8 Å². The summed E-state index contributed by atoms with van der Waals surface area (Å²) in [5, 5.41) is 9.79. The Labute approximate surface area is 141 Å². The quantitative estimate of drug-likeness (QED) is 0.790. The molecule has 0 radical (unpaired) electrons. The summed E-state index contributed by atoms with van der Waals surface area (Å²) in [4.78, 5) is 18.6. The van der Waals surface area contributed by atoms with Crippen molar-refractivity contribution >= 4 is 17.8 Å². The van der Waals surface area contributed by atoms with Crippen LogP contribution in [-0.4, -0.2) is 34.2 Å². The largest absolute Gasteiger partial charge is 0.368 e. The Morgan fingerprint density at radius 3 is 2.79 bits per heavy atom. The number of benzene rings is 1. The Balaban J connectivity index is 1.51. The molecule has 3 rings (SSSR count). The first-order valence-corrected chi connectivity index (χ1v) is 8.29. The van der Waals surface area contributed by atoms with Crippen LogP contribution in [0.4, 0.5) is 11.9 Å².